The summed E-state index contributed by atoms with van der Waals surface area (Å²) in [6.45, 7) is 10.2. The molecule has 1 aliphatic rings. The van der Waals surface area contributed by atoms with E-state index in [9.17, 15) is 19.5 Å². The van der Waals surface area contributed by atoms with Crippen molar-refractivity contribution in [1.29, 1.82) is 0 Å². The van der Waals surface area contributed by atoms with Gasteiger partial charge in [0, 0.05) is 18.6 Å². The van der Waals surface area contributed by atoms with Crippen molar-refractivity contribution in [3.63, 3.8) is 0 Å². The Labute approximate surface area is 300 Å². The number of aliphatic hydroxyl groups excluding tert-OH is 1. The van der Waals surface area contributed by atoms with E-state index in [4.69, 9.17) is 18.6 Å². The maximum absolute atomic E-state index is 14.4. The molecule has 0 saturated carbocycles. The minimum Gasteiger partial charge on any atom is -0.457 e. The van der Waals surface area contributed by atoms with E-state index in [-0.39, 0.29) is 31.3 Å². The van der Waals surface area contributed by atoms with E-state index >= 15 is 0 Å². The molecule has 270 valence electrons. The Bertz CT molecular complexity index is 1760. The topological polar surface area (TPSA) is 116 Å². The van der Waals surface area contributed by atoms with Gasteiger partial charge in [-0.15, -0.1) is 0 Å². The molecule has 0 unspecified atom stereocenters. The molecule has 0 radical (unpaired) electrons. The van der Waals surface area contributed by atoms with Crippen LogP contribution in [0.15, 0.2) is 95.4 Å². The fraction of sp³-hybridized carbons (Fsp3) is 0.405. The predicted molar refractivity (Wildman–Crippen MR) is 194 cm³/mol. The van der Waals surface area contributed by atoms with E-state index in [1.54, 1.807) is 19.9 Å². The van der Waals surface area contributed by atoms with Crippen molar-refractivity contribution in [1.82, 2.24) is 4.90 Å². The highest BCUT2D eigenvalue weighted by atomic mass is 16.6. The number of Topliss-reactive ketones (excluding diaryl/α,β-unsaturated/α-hetero) is 1. The molecule has 0 aliphatic carbocycles. The highest BCUT2D eigenvalue weighted by molar-refractivity contribution is 6.12. The number of nitrogens with zero attached hydrogens (tertiary/aromatic N) is 1. The molecule has 1 saturated heterocycles. The van der Waals surface area contributed by atoms with Crippen LogP contribution in [-0.2, 0) is 38.5 Å². The van der Waals surface area contributed by atoms with Crippen molar-refractivity contribution in [2.24, 2.45) is 11.8 Å². The van der Waals surface area contributed by atoms with E-state index in [0.717, 1.165) is 32.7 Å². The fourth-order valence-corrected chi connectivity index (χ4v) is 6.85. The van der Waals surface area contributed by atoms with Gasteiger partial charge in [0.1, 0.15) is 23.4 Å². The second kappa shape index (κ2) is 17.1. The quantitative estimate of drug-likeness (QED) is 0.0682. The number of ketones is 1. The minimum atomic E-state index is -1.21. The maximum Gasteiger partial charge on any atom is 0.417 e. The van der Waals surface area contributed by atoms with Crippen LogP contribution in [0.2, 0.25) is 0 Å². The number of cyclic esters (lactones) is 1. The van der Waals surface area contributed by atoms with Crippen molar-refractivity contribution in [3.05, 3.63) is 119 Å². The average Bonchev–Trinajstić information content (AvgIpc) is 3.65. The van der Waals surface area contributed by atoms with Crippen LogP contribution < -0.4 is 0 Å². The fourth-order valence-electron chi connectivity index (χ4n) is 6.85. The lowest BCUT2D eigenvalue weighted by atomic mass is 9.86. The zero-order valence-electron chi connectivity index (χ0n) is 30.2. The molecule has 1 fully saturated rings. The predicted octanol–water partition coefficient (Wildman–Crippen LogP) is 7.61. The number of carbonyl (C=O) groups is 3. The van der Waals surface area contributed by atoms with E-state index in [0.29, 0.717) is 31.8 Å². The number of hydrogen-bond acceptors (Lipinski definition) is 8. The van der Waals surface area contributed by atoms with Crippen LogP contribution in [0.4, 0.5) is 4.79 Å². The number of ether oxygens (including phenoxy) is 3. The molecule has 3 aromatic carbocycles. The molecule has 51 heavy (non-hydrogen) atoms. The third-order valence-corrected chi connectivity index (χ3v) is 9.21. The number of hydrogen-bond donors (Lipinski definition) is 1. The molecule has 2 amide bonds. The number of carbonyl (C=O) groups excluding carboxylic acids is 3. The average molecular weight is 696 g/mol. The van der Waals surface area contributed by atoms with Crippen molar-refractivity contribution in [2.75, 3.05) is 19.8 Å². The summed E-state index contributed by atoms with van der Waals surface area (Å²) in [6, 6.07) is 28.1. The van der Waals surface area contributed by atoms with Crippen LogP contribution in [0.1, 0.15) is 67.1 Å². The van der Waals surface area contributed by atoms with Gasteiger partial charge in [-0.1, -0.05) is 104 Å². The van der Waals surface area contributed by atoms with Gasteiger partial charge in [0.05, 0.1) is 25.9 Å². The smallest absolute Gasteiger partial charge is 0.417 e. The molecule has 2 heterocycles. The molecule has 1 aliphatic heterocycles. The first-order valence-corrected chi connectivity index (χ1v) is 17.7. The highest BCUT2D eigenvalue weighted by Crippen LogP contribution is 2.37. The van der Waals surface area contributed by atoms with Gasteiger partial charge in [0.2, 0.25) is 11.7 Å². The maximum atomic E-state index is 14.4. The lowest BCUT2D eigenvalue weighted by Crippen LogP contribution is -2.51. The molecular formula is C42H49NO8. The first-order valence-electron chi connectivity index (χ1n) is 17.7. The number of aryl methyl sites for hydroxylation is 2. The molecule has 9 heteroatoms. The number of benzene rings is 3. The SMILES string of the molecule is Cc1cccc(-c2cc(C(=O)[C@@H](Cc3ccccc3)C(=O)N3C(=O)OC(C)(C)[C@H]3C(C)C)oc2CCCOC[C@@H](CO)OCc2ccccc2)c1. The Morgan fingerprint density at radius 2 is 1.63 bits per heavy atom. The zero-order valence-corrected chi connectivity index (χ0v) is 30.2. The summed E-state index contributed by atoms with van der Waals surface area (Å²) in [5.41, 5.74) is 3.58. The van der Waals surface area contributed by atoms with Gasteiger partial charge >= 0.3 is 6.09 Å². The normalized spacial score (nSPS) is 16.6. The first kappa shape index (κ1) is 37.7. The second-order valence-electron chi connectivity index (χ2n) is 14.1. The van der Waals surface area contributed by atoms with Gasteiger partial charge < -0.3 is 23.7 Å². The lowest BCUT2D eigenvalue weighted by Gasteiger charge is -2.32. The molecule has 1 N–H and O–H groups in total. The van der Waals surface area contributed by atoms with Gasteiger partial charge in [-0.2, -0.15) is 0 Å². The van der Waals surface area contributed by atoms with E-state index in [1.165, 1.54) is 0 Å². The van der Waals surface area contributed by atoms with Crippen molar-refractivity contribution in [2.45, 2.75) is 78.2 Å². The largest absolute Gasteiger partial charge is 0.457 e. The summed E-state index contributed by atoms with van der Waals surface area (Å²) in [4.78, 5) is 43.1. The van der Waals surface area contributed by atoms with Gasteiger partial charge in [-0.3, -0.25) is 9.59 Å². The number of amides is 2. The number of aliphatic hydroxyl groups is 1. The number of imide groups is 1. The van der Waals surface area contributed by atoms with Gasteiger partial charge in [-0.05, 0) is 62.3 Å². The van der Waals surface area contributed by atoms with Gasteiger partial charge in [-0.25, -0.2) is 9.69 Å². The summed E-state index contributed by atoms with van der Waals surface area (Å²) in [6.07, 6.45) is -0.0774. The summed E-state index contributed by atoms with van der Waals surface area (Å²) >= 11 is 0. The van der Waals surface area contributed by atoms with Crippen LogP contribution >= 0.6 is 0 Å². The Morgan fingerprint density at radius 3 is 2.27 bits per heavy atom. The third kappa shape index (κ3) is 9.41. The Balaban J connectivity index is 1.36. The molecule has 0 spiro atoms. The summed E-state index contributed by atoms with van der Waals surface area (Å²) in [5, 5.41) is 9.80. The Kier molecular flexibility index (Phi) is 12.6. The first-order chi connectivity index (χ1) is 24.5. The summed E-state index contributed by atoms with van der Waals surface area (Å²) in [7, 11) is 0. The standard InChI is InChI=1S/C42H49NO8/c1-28(2)39-42(4,5)51-41(47)43(39)40(46)35(23-30-15-8-6-9-16-30)38(45)37-24-34(32-19-12-14-29(3)22-32)36(50-37)20-13-21-48-27-33(25-44)49-26-31-17-10-7-11-18-31/h6-12,14-19,22,24,28,33,35,39,44H,13,20-21,23,25-27H2,1-5H3/t33-,35-,39-/m1/s1. The molecule has 3 atom stereocenters. The second-order valence-corrected chi connectivity index (χ2v) is 14.1. The van der Waals surface area contributed by atoms with Crippen LogP contribution in [0, 0.1) is 18.8 Å². The van der Waals surface area contributed by atoms with Crippen molar-refractivity contribution >= 4 is 17.8 Å². The highest BCUT2D eigenvalue weighted by Gasteiger charge is 2.54. The Hall–Kier alpha value is -4.57. The Morgan fingerprint density at radius 1 is 0.941 bits per heavy atom. The molecule has 4 aromatic rings. The van der Waals surface area contributed by atoms with E-state index in [2.05, 4.69) is 0 Å². The van der Waals surface area contributed by atoms with Crippen LogP contribution in [0.3, 0.4) is 0 Å². The van der Waals surface area contributed by atoms with Crippen molar-refractivity contribution in [3.8, 4) is 11.1 Å². The zero-order chi connectivity index (χ0) is 36.5. The number of furan rings is 1. The number of rotatable bonds is 17. The lowest BCUT2D eigenvalue weighted by molar-refractivity contribution is -0.133. The van der Waals surface area contributed by atoms with Crippen LogP contribution in [0.5, 0.6) is 0 Å². The van der Waals surface area contributed by atoms with Gasteiger partial charge in [0.25, 0.3) is 0 Å². The molecule has 1 aromatic heterocycles. The molecule has 0 bridgehead atoms. The molecule has 5 rings (SSSR count). The minimum absolute atomic E-state index is 0.0549. The molecule has 9 nitrogen and oxygen atoms in total. The van der Waals surface area contributed by atoms with Crippen LogP contribution in [-0.4, -0.2) is 65.4 Å². The van der Waals surface area contributed by atoms with E-state index in [1.807, 2.05) is 106 Å². The van der Waals surface area contributed by atoms with E-state index < -0.39 is 41.4 Å². The van der Waals surface area contributed by atoms with Gasteiger partial charge in [0.15, 0.2) is 5.76 Å². The monoisotopic (exact) mass is 695 g/mol. The summed E-state index contributed by atoms with van der Waals surface area (Å²) in [5.74, 6) is -1.76. The third-order valence-electron chi connectivity index (χ3n) is 9.21. The summed E-state index contributed by atoms with van der Waals surface area (Å²) < 4.78 is 23.7. The van der Waals surface area contributed by atoms with Crippen LogP contribution in [0.25, 0.3) is 11.1 Å². The molecular weight excluding hydrogens is 646 g/mol. The van der Waals surface area contributed by atoms with Crippen molar-refractivity contribution < 1.29 is 38.1 Å².